The molecule has 57 heavy (non-hydrogen) atoms. The normalized spacial score (nSPS) is 11.9. The summed E-state index contributed by atoms with van der Waals surface area (Å²) in [6.07, 6.45) is 0. The molecule has 0 N–H and O–H groups in total. The fourth-order valence-electron chi connectivity index (χ4n) is 8.72. The van der Waals surface area contributed by atoms with Gasteiger partial charge < -0.3 is 8.98 Å². The quantitative estimate of drug-likeness (QED) is 0.177. The average Bonchev–Trinajstić information content (AvgIpc) is 3.94. The van der Waals surface area contributed by atoms with Crippen molar-refractivity contribution in [2.45, 2.75) is 0 Å². The summed E-state index contributed by atoms with van der Waals surface area (Å²) in [5.74, 6) is 0.640. The molecule has 0 unspecified atom stereocenters. The second-order valence-corrected chi connectivity index (χ2v) is 14.6. The fourth-order valence-corrected chi connectivity index (χ4v) is 8.72. The van der Waals surface area contributed by atoms with Crippen molar-refractivity contribution in [1.82, 2.24) is 19.1 Å². The van der Waals surface area contributed by atoms with Crippen LogP contribution in [0.3, 0.4) is 0 Å². The summed E-state index contributed by atoms with van der Waals surface area (Å²) >= 11 is 0. The van der Waals surface area contributed by atoms with Crippen molar-refractivity contribution >= 4 is 65.6 Å². The maximum Gasteiger partial charge on any atom is 0.235 e. The molecule has 0 spiro atoms. The van der Waals surface area contributed by atoms with Crippen molar-refractivity contribution in [1.29, 1.82) is 0 Å². The summed E-state index contributed by atoms with van der Waals surface area (Å²) < 4.78 is 11.2. The van der Waals surface area contributed by atoms with Gasteiger partial charge in [0.1, 0.15) is 5.58 Å². The van der Waals surface area contributed by atoms with E-state index in [1.807, 2.05) is 18.2 Å². The first-order chi connectivity index (χ1) is 28.3. The number of fused-ring (bicyclic) bond motifs is 10. The van der Waals surface area contributed by atoms with E-state index in [0.29, 0.717) is 5.95 Å². The Kier molecular flexibility index (Phi) is 6.86. The molecule has 0 saturated heterocycles. The Morgan fingerprint density at radius 3 is 1.56 bits per heavy atom. The third kappa shape index (κ3) is 4.89. The molecule has 5 heteroatoms. The highest BCUT2D eigenvalue weighted by atomic mass is 16.3. The van der Waals surface area contributed by atoms with Crippen LogP contribution in [0.5, 0.6) is 0 Å². The lowest BCUT2D eigenvalue weighted by molar-refractivity contribution is 0.671. The lowest BCUT2D eigenvalue weighted by atomic mass is 10.0. The van der Waals surface area contributed by atoms with E-state index < -0.39 is 0 Å². The Bertz CT molecular complexity index is 3450. The first-order valence-electron chi connectivity index (χ1n) is 19.2. The van der Waals surface area contributed by atoms with Gasteiger partial charge in [-0.3, -0.25) is 4.57 Å². The van der Waals surface area contributed by atoms with E-state index >= 15 is 0 Å². The van der Waals surface area contributed by atoms with Crippen LogP contribution in [0.25, 0.3) is 111 Å². The van der Waals surface area contributed by atoms with Crippen LogP contribution in [-0.2, 0) is 0 Å². The summed E-state index contributed by atoms with van der Waals surface area (Å²) in [5.41, 5.74) is 13.4. The lowest BCUT2D eigenvalue weighted by Crippen LogP contribution is -2.03. The first kappa shape index (κ1) is 31.6. The lowest BCUT2D eigenvalue weighted by Gasteiger charge is -2.12. The number of benzene rings is 8. The predicted octanol–water partition coefficient (Wildman–Crippen LogP) is 13.6. The topological polar surface area (TPSA) is 48.8 Å². The Hall–Kier alpha value is -7.76. The van der Waals surface area contributed by atoms with Crippen LogP contribution in [0.1, 0.15) is 0 Å². The summed E-state index contributed by atoms with van der Waals surface area (Å²) in [4.78, 5) is 10.4. The van der Waals surface area contributed by atoms with Crippen LogP contribution >= 0.6 is 0 Å². The summed E-state index contributed by atoms with van der Waals surface area (Å²) in [6, 6.07) is 68.3. The molecule has 266 valence electrons. The van der Waals surface area contributed by atoms with E-state index in [2.05, 4.69) is 185 Å². The molecule has 0 amide bonds. The molecule has 4 aromatic heterocycles. The van der Waals surface area contributed by atoms with Gasteiger partial charge in [-0.25, -0.2) is 9.97 Å². The molecule has 4 heterocycles. The Morgan fingerprint density at radius 1 is 0.351 bits per heavy atom. The molecular formula is C52H32N4O. The van der Waals surface area contributed by atoms with Crippen LogP contribution in [0.4, 0.5) is 0 Å². The minimum Gasteiger partial charge on any atom is -0.454 e. The van der Waals surface area contributed by atoms with Crippen LogP contribution < -0.4 is 0 Å². The fraction of sp³-hybridized carbons (Fsp3) is 0. The van der Waals surface area contributed by atoms with Gasteiger partial charge in [-0.15, -0.1) is 0 Å². The molecule has 8 aromatic carbocycles. The Balaban J connectivity index is 1.07. The van der Waals surface area contributed by atoms with E-state index in [9.17, 15) is 0 Å². The summed E-state index contributed by atoms with van der Waals surface area (Å²) in [5, 5.41) is 6.88. The zero-order valence-corrected chi connectivity index (χ0v) is 30.7. The second-order valence-electron chi connectivity index (χ2n) is 14.6. The van der Waals surface area contributed by atoms with Crippen LogP contribution in [0.15, 0.2) is 199 Å². The van der Waals surface area contributed by atoms with E-state index in [4.69, 9.17) is 14.4 Å². The van der Waals surface area contributed by atoms with Gasteiger partial charge in [-0.1, -0.05) is 133 Å². The third-order valence-electron chi connectivity index (χ3n) is 11.3. The zero-order chi connectivity index (χ0) is 37.5. The monoisotopic (exact) mass is 728 g/mol. The Morgan fingerprint density at radius 2 is 0.877 bits per heavy atom. The first-order valence-corrected chi connectivity index (χ1v) is 19.2. The van der Waals surface area contributed by atoms with Crippen LogP contribution in [0, 0.1) is 0 Å². The molecule has 0 aliphatic heterocycles. The standard InChI is InChI=1S/C52H32N4O/c1-4-14-33(15-5-1)44-32-45(34-16-6-2-7-17-34)54-52(53-44)56-46-22-12-10-20-38(46)42-30-35(25-29-48(42)56)36-24-28-47-43(31-36)40-26-27-41-39-21-11-13-23-49(39)57-51(41)50(40)55(47)37-18-8-3-9-19-37/h1-32H. The number of aromatic nitrogens is 4. The molecule has 0 fully saturated rings. The number of furan rings is 1. The van der Waals surface area contributed by atoms with Gasteiger partial charge in [-0.2, -0.15) is 0 Å². The van der Waals surface area contributed by atoms with Crippen molar-refractivity contribution in [2.75, 3.05) is 0 Å². The van der Waals surface area contributed by atoms with Gasteiger partial charge in [0.15, 0.2) is 5.58 Å². The smallest absolute Gasteiger partial charge is 0.235 e. The van der Waals surface area contributed by atoms with E-state index in [1.54, 1.807) is 0 Å². The van der Waals surface area contributed by atoms with Gasteiger partial charge in [0.25, 0.3) is 0 Å². The van der Waals surface area contributed by atoms with E-state index in [-0.39, 0.29) is 0 Å². The molecule has 0 radical (unpaired) electrons. The molecule has 12 aromatic rings. The molecule has 5 nitrogen and oxygen atoms in total. The second kappa shape index (κ2) is 12.4. The number of hydrogen-bond acceptors (Lipinski definition) is 3. The maximum absolute atomic E-state index is 6.63. The van der Waals surface area contributed by atoms with Crippen molar-refractivity contribution in [3.05, 3.63) is 194 Å². The maximum atomic E-state index is 6.63. The third-order valence-corrected chi connectivity index (χ3v) is 11.3. The number of para-hydroxylation sites is 3. The SMILES string of the molecule is c1ccc(-c2cc(-c3ccccc3)nc(-n3c4ccccc4c4cc(-c5ccc6c(c5)c5ccc7c8ccccc8oc7c5n6-c5ccccc5)ccc43)n2)cc1. The van der Waals surface area contributed by atoms with Gasteiger partial charge in [-0.05, 0) is 71.8 Å². The minimum absolute atomic E-state index is 0.640. The highest BCUT2D eigenvalue weighted by Crippen LogP contribution is 2.42. The molecule has 0 aliphatic rings. The van der Waals surface area contributed by atoms with Gasteiger partial charge in [0.2, 0.25) is 5.95 Å². The van der Waals surface area contributed by atoms with Gasteiger partial charge in [0.05, 0.1) is 33.5 Å². The van der Waals surface area contributed by atoms with Crippen molar-refractivity contribution < 1.29 is 4.42 Å². The number of hydrogen-bond donors (Lipinski definition) is 0. The molecule has 0 saturated carbocycles. The summed E-state index contributed by atoms with van der Waals surface area (Å²) in [7, 11) is 0. The van der Waals surface area contributed by atoms with Gasteiger partial charge >= 0.3 is 0 Å². The van der Waals surface area contributed by atoms with Crippen LogP contribution in [0.2, 0.25) is 0 Å². The zero-order valence-electron chi connectivity index (χ0n) is 30.7. The largest absolute Gasteiger partial charge is 0.454 e. The minimum atomic E-state index is 0.640. The van der Waals surface area contributed by atoms with Crippen molar-refractivity contribution in [3.63, 3.8) is 0 Å². The number of rotatable bonds is 5. The average molecular weight is 729 g/mol. The van der Waals surface area contributed by atoms with Crippen molar-refractivity contribution in [3.8, 4) is 45.3 Å². The highest BCUT2D eigenvalue weighted by molar-refractivity contribution is 6.22. The Labute approximate surface area is 327 Å². The van der Waals surface area contributed by atoms with E-state index in [1.165, 1.54) is 5.39 Å². The van der Waals surface area contributed by atoms with Gasteiger partial charge in [0, 0.05) is 49.1 Å². The molecule has 0 bridgehead atoms. The molecular weight excluding hydrogens is 697 g/mol. The predicted molar refractivity (Wildman–Crippen MR) is 234 cm³/mol. The van der Waals surface area contributed by atoms with E-state index in [0.717, 1.165) is 99.5 Å². The number of nitrogens with zero attached hydrogens (tertiary/aromatic N) is 4. The highest BCUT2D eigenvalue weighted by Gasteiger charge is 2.21. The molecule has 0 atom stereocenters. The molecule has 12 rings (SSSR count). The summed E-state index contributed by atoms with van der Waals surface area (Å²) in [6.45, 7) is 0. The van der Waals surface area contributed by atoms with Crippen molar-refractivity contribution in [2.24, 2.45) is 0 Å². The van der Waals surface area contributed by atoms with Crippen LogP contribution in [-0.4, -0.2) is 19.1 Å². The molecule has 0 aliphatic carbocycles.